The molecule has 0 amide bonds. The van der Waals surface area contributed by atoms with Crippen molar-refractivity contribution in [1.29, 1.82) is 0 Å². The summed E-state index contributed by atoms with van der Waals surface area (Å²) < 4.78 is 4.68. The topological polar surface area (TPSA) is 87.0 Å². The molecule has 2 rings (SSSR count). The Morgan fingerprint density at radius 1 is 1.38 bits per heavy atom. The monoisotopic (exact) mass is 296 g/mol. The van der Waals surface area contributed by atoms with E-state index < -0.39 is 35.6 Å². The fourth-order valence-corrected chi connectivity index (χ4v) is 4.06. The van der Waals surface area contributed by atoms with Gasteiger partial charge in [-0.2, -0.15) is 0 Å². The minimum absolute atomic E-state index is 0.250. The fourth-order valence-electron chi connectivity index (χ4n) is 4.06. The predicted molar refractivity (Wildman–Crippen MR) is 77.3 cm³/mol. The lowest BCUT2D eigenvalue weighted by molar-refractivity contribution is -0.153. The van der Waals surface area contributed by atoms with Crippen LogP contribution in [0.1, 0.15) is 26.2 Å². The lowest BCUT2D eigenvalue weighted by Crippen LogP contribution is -2.58. The molecule has 21 heavy (non-hydrogen) atoms. The largest absolute Gasteiger partial charge is 0.466 e. The van der Waals surface area contributed by atoms with E-state index in [1.54, 1.807) is 0 Å². The standard InChI is InChI=1S/C16H24O5/c1-8-7-11(17)14(19)16(3)6-5-10(13(18)12(8)16)9(2)15(20)21-4/h10-14,17-19H,1-2,5-7H2,3-4H3/t10-,11+,12+,13-,14+,16+/m0/s1. The molecule has 0 spiro atoms. The zero-order valence-corrected chi connectivity index (χ0v) is 12.6. The van der Waals surface area contributed by atoms with Crippen LogP contribution in [0, 0.1) is 17.3 Å². The summed E-state index contributed by atoms with van der Waals surface area (Å²) in [5.74, 6) is -1.30. The molecule has 0 aromatic heterocycles. The van der Waals surface area contributed by atoms with Crippen LogP contribution < -0.4 is 0 Å². The van der Waals surface area contributed by atoms with Gasteiger partial charge in [-0.1, -0.05) is 25.7 Å². The van der Waals surface area contributed by atoms with Crippen LogP contribution in [0.3, 0.4) is 0 Å². The van der Waals surface area contributed by atoms with Crippen molar-refractivity contribution in [3.05, 3.63) is 24.3 Å². The minimum Gasteiger partial charge on any atom is -0.466 e. The first kappa shape index (κ1) is 16.2. The van der Waals surface area contributed by atoms with Crippen molar-refractivity contribution in [2.24, 2.45) is 17.3 Å². The van der Waals surface area contributed by atoms with Crippen molar-refractivity contribution in [3.8, 4) is 0 Å². The first-order valence-corrected chi connectivity index (χ1v) is 7.23. The summed E-state index contributed by atoms with van der Waals surface area (Å²) in [6.45, 7) is 9.56. The first-order valence-electron chi connectivity index (χ1n) is 7.23. The van der Waals surface area contributed by atoms with E-state index in [4.69, 9.17) is 0 Å². The average Bonchev–Trinajstić information content (AvgIpc) is 2.43. The van der Waals surface area contributed by atoms with Crippen molar-refractivity contribution in [3.63, 3.8) is 0 Å². The van der Waals surface area contributed by atoms with Crippen LogP contribution in [-0.2, 0) is 9.53 Å². The highest BCUT2D eigenvalue weighted by Crippen LogP contribution is 2.54. The van der Waals surface area contributed by atoms with E-state index >= 15 is 0 Å². The van der Waals surface area contributed by atoms with Crippen LogP contribution in [0.25, 0.3) is 0 Å². The Hall–Kier alpha value is -1.17. The number of esters is 1. The molecule has 0 unspecified atom stereocenters. The second-order valence-corrected chi connectivity index (χ2v) is 6.51. The SMILES string of the molecule is C=C1C[C@@H](O)[C@@H](O)[C@]2(C)CC[C@@H](C(=C)C(=O)OC)[C@H](O)[C@@H]12. The molecular weight excluding hydrogens is 272 g/mol. The maximum absolute atomic E-state index is 11.6. The molecule has 6 atom stereocenters. The number of hydrogen-bond donors (Lipinski definition) is 3. The summed E-state index contributed by atoms with van der Waals surface area (Å²) in [4.78, 5) is 11.6. The summed E-state index contributed by atoms with van der Waals surface area (Å²) >= 11 is 0. The number of fused-ring (bicyclic) bond motifs is 1. The smallest absolute Gasteiger partial charge is 0.333 e. The molecule has 0 aromatic rings. The summed E-state index contributed by atoms with van der Waals surface area (Å²) in [6, 6.07) is 0. The number of aliphatic hydroxyl groups is 3. The van der Waals surface area contributed by atoms with Crippen LogP contribution in [0.5, 0.6) is 0 Å². The van der Waals surface area contributed by atoms with Crippen molar-refractivity contribution in [2.75, 3.05) is 7.11 Å². The molecule has 5 nitrogen and oxygen atoms in total. The van der Waals surface area contributed by atoms with E-state index in [9.17, 15) is 20.1 Å². The normalized spacial score (nSPS) is 43.1. The van der Waals surface area contributed by atoms with Gasteiger partial charge >= 0.3 is 5.97 Å². The van der Waals surface area contributed by atoms with E-state index in [1.807, 2.05) is 6.92 Å². The van der Waals surface area contributed by atoms with Crippen molar-refractivity contribution in [2.45, 2.75) is 44.5 Å². The van der Waals surface area contributed by atoms with Gasteiger partial charge in [-0.05, 0) is 19.3 Å². The zero-order chi connectivity index (χ0) is 15.9. The van der Waals surface area contributed by atoms with Crippen LogP contribution in [-0.4, -0.2) is 46.7 Å². The summed E-state index contributed by atoms with van der Waals surface area (Å²) in [7, 11) is 1.28. The molecule has 0 bridgehead atoms. The number of rotatable bonds is 2. The Morgan fingerprint density at radius 2 is 2.00 bits per heavy atom. The van der Waals surface area contributed by atoms with E-state index in [0.29, 0.717) is 18.4 Å². The molecule has 2 aliphatic rings. The second-order valence-electron chi connectivity index (χ2n) is 6.51. The number of aliphatic hydroxyl groups excluding tert-OH is 3. The Balaban J connectivity index is 2.30. The molecule has 0 radical (unpaired) electrons. The molecule has 2 fully saturated rings. The molecule has 118 valence electrons. The lowest BCUT2D eigenvalue weighted by atomic mass is 9.53. The third-order valence-electron chi connectivity index (χ3n) is 5.30. The van der Waals surface area contributed by atoms with Crippen molar-refractivity contribution >= 4 is 5.97 Å². The highest BCUT2D eigenvalue weighted by molar-refractivity contribution is 5.88. The van der Waals surface area contributed by atoms with Crippen molar-refractivity contribution in [1.82, 2.24) is 0 Å². The Labute approximate surface area is 124 Å². The number of carbonyl (C=O) groups is 1. The molecule has 0 heterocycles. The molecule has 0 aliphatic heterocycles. The molecule has 2 saturated carbocycles. The van der Waals surface area contributed by atoms with Gasteiger partial charge in [0.25, 0.3) is 0 Å². The summed E-state index contributed by atoms with van der Waals surface area (Å²) in [5, 5.41) is 31.0. The predicted octanol–water partition coefficient (Wildman–Crippen LogP) is 0.791. The second kappa shape index (κ2) is 5.55. The average molecular weight is 296 g/mol. The fraction of sp³-hybridized carbons (Fsp3) is 0.688. The zero-order valence-electron chi connectivity index (χ0n) is 12.6. The number of carbonyl (C=O) groups excluding carboxylic acids is 1. The summed E-state index contributed by atoms with van der Waals surface area (Å²) in [6.07, 6.45) is -1.27. The Morgan fingerprint density at radius 3 is 2.57 bits per heavy atom. The maximum Gasteiger partial charge on any atom is 0.333 e. The number of methoxy groups -OCH3 is 1. The van der Waals surface area contributed by atoms with Gasteiger partial charge in [0.15, 0.2) is 0 Å². The highest BCUT2D eigenvalue weighted by Gasteiger charge is 2.56. The first-order chi connectivity index (χ1) is 9.74. The lowest BCUT2D eigenvalue weighted by Gasteiger charge is -2.55. The molecule has 5 heteroatoms. The molecule has 2 aliphatic carbocycles. The summed E-state index contributed by atoms with van der Waals surface area (Å²) in [5.41, 5.74) is 0.326. The van der Waals surface area contributed by atoms with Gasteiger partial charge in [0.1, 0.15) is 0 Å². The van der Waals surface area contributed by atoms with E-state index in [1.165, 1.54) is 7.11 Å². The number of hydrogen-bond acceptors (Lipinski definition) is 5. The van der Waals surface area contributed by atoms with Crippen LogP contribution in [0.15, 0.2) is 24.3 Å². The van der Waals surface area contributed by atoms with Gasteiger partial charge in [0.2, 0.25) is 0 Å². The van der Waals surface area contributed by atoms with Gasteiger partial charge < -0.3 is 20.1 Å². The van der Waals surface area contributed by atoms with Crippen molar-refractivity contribution < 1.29 is 24.9 Å². The molecular formula is C16H24O5. The Bertz CT molecular complexity index is 471. The van der Waals surface area contributed by atoms with Gasteiger partial charge in [-0.3, -0.25) is 0 Å². The van der Waals surface area contributed by atoms with Crippen LogP contribution in [0.4, 0.5) is 0 Å². The quantitative estimate of drug-likeness (QED) is 0.398. The maximum atomic E-state index is 11.6. The van der Waals surface area contributed by atoms with Crippen LogP contribution >= 0.6 is 0 Å². The highest BCUT2D eigenvalue weighted by atomic mass is 16.5. The Kier molecular flexibility index (Phi) is 4.29. The van der Waals surface area contributed by atoms with Gasteiger partial charge in [0.05, 0.1) is 25.4 Å². The van der Waals surface area contributed by atoms with E-state index in [-0.39, 0.29) is 17.9 Å². The molecule has 0 saturated heterocycles. The third-order valence-corrected chi connectivity index (χ3v) is 5.30. The van der Waals surface area contributed by atoms with E-state index in [2.05, 4.69) is 17.9 Å². The van der Waals surface area contributed by atoms with Gasteiger partial charge in [-0.15, -0.1) is 0 Å². The molecule has 0 aromatic carbocycles. The number of ether oxygens (including phenoxy) is 1. The van der Waals surface area contributed by atoms with Gasteiger partial charge in [-0.25, -0.2) is 4.79 Å². The van der Waals surface area contributed by atoms with Gasteiger partial charge in [0, 0.05) is 22.8 Å². The minimum atomic E-state index is -0.907. The molecule has 3 N–H and O–H groups in total. The third kappa shape index (κ3) is 2.43. The van der Waals surface area contributed by atoms with Crippen LogP contribution in [0.2, 0.25) is 0 Å². The van der Waals surface area contributed by atoms with E-state index in [0.717, 1.165) is 0 Å².